The summed E-state index contributed by atoms with van der Waals surface area (Å²) in [5, 5.41) is 8.79. The van der Waals surface area contributed by atoms with Crippen LogP contribution in [0.4, 0.5) is 0 Å². The first-order chi connectivity index (χ1) is 11.8. The largest absolute Gasteiger partial charge is 1.00 e. The number of carbonyl (C=O) groups is 2. The zero-order valence-corrected chi connectivity index (χ0v) is 21.9. The maximum Gasteiger partial charge on any atom is 1.00 e. The van der Waals surface area contributed by atoms with Gasteiger partial charge in [-0.15, -0.1) is 0 Å². The van der Waals surface area contributed by atoms with Gasteiger partial charge in [-0.05, 0) is 6.42 Å². The van der Waals surface area contributed by atoms with Crippen molar-refractivity contribution in [2.24, 2.45) is 5.92 Å². The van der Waals surface area contributed by atoms with Crippen LogP contribution in [0.5, 0.6) is 0 Å². The van der Waals surface area contributed by atoms with E-state index < -0.39 is 34.7 Å². The molecule has 0 aromatic rings. The Labute approximate surface area is 210 Å². The number of hydrogen-bond acceptors (Lipinski definition) is 5. The molecule has 0 saturated carbocycles. The van der Waals surface area contributed by atoms with Crippen LogP contribution in [0.25, 0.3) is 0 Å². The van der Waals surface area contributed by atoms with E-state index >= 15 is 0 Å². The van der Waals surface area contributed by atoms with E-state index in [1.54, 1.807) is 0 Å². The molecule has 27 heavy (non-hydrogen) atoms. The molecule has 0 aliphatic heterocycles. The van der Waals surface area contributed by atoms with Crippen molar-refractivity contribution in [2.75, 3.05) is 0 Å². The summed E-state index contributed by atoms with van der Waals surface area (Å²) in [5.74, 6) is -3.48. The first-order valence-electron chi connectivity index (χ1n) is 9.18. The number of unbranched alkanes of at least 4 members (excludes halogenated alkanes) is 10. The molecular formula is C17H34Na2O7S. The second-order valence-corrected chi connectivity index (χ2v) is 7.47. The zero-order valence-electron chi connectivity index (χ0n) is 19.1. The minimum absolute atomic E-state index is 0. The molecule has 0 saturated heterocycles. The molecule has 0 fully saturated rings. The topological polar surface area (TPSA) is 118 Å². The van der Waals surface area contributed by atoms with E-state index in [1.165, 1.54) is 44.9 Å². The molecule has 0 amide bonds. The smallest absolute Gasteiger partial charge is 1.00 e. The maximum absolute atomic E-state index is 11.6. The molecule has 152 valence electrons. The Bertz CT molecular complexity index is 494. The van der Waals surface area contributed by atoms with E-state index in [9.17, 15) is 18.0 Å². The van der Waals surface area contributed by atoms with Crippen molar-refractivity contribution in [3.8, 4) is 0 Å². The van der Waals surface area contributed by atoms with Gasteiger partial charge in [0.25, 0.3) is 0 Å². The third-order valence-electron chi connectivity index (χ3n) is 4.10. The van der Waals surface area contributed by atoms with Gasteiger partial charge >= 0.3 is 81.5 Å². The molecule has 0 heterocycles. The molecule has 0 aliphatic carbocycles. The standard InChI is InChI=1S/C17H32O7S.2Na.2H/c1-2-3-4-5-6-7-8-9-10-11-12-13-15(14-16(18)19)17(20)24-25(21,22)23;;;;/h15H,2-14H2,1H3,(H,18,19)(H,21,22,23);;;;/q;2*+1;2*-1. The van der Waals surface area contributed by atoms with Crippen LogP contribution in [0.2, 0.25) is 0 Å². The molecule has 0 spiro atoms. The van der Waals surface area contributed by atoms with Gasteiger partial charge in [-0.25, -0.2) is 0 Å². The Hall–Kier alpha value is 0.850. The second kappa shape index (κ2) is 20.1. The molecule has 0 aromatic heterocycles. The summed E-state index contributed by atoms with van der Waals surface area (Å²) in [6, 6.07) is 0. The molecule has 1 atom stereocenters. The van der Waals surface area contributed by atoms with Crippen LogP contribution < -0.4 is 59.1 Å². The van der Waals surface area contributed by atoms with Crippen molar-refractivity contribution >= 4 is 22.3 Å². The Morgan fingerprint density at radius 1 is 0.889 bits per heavy atom. The van der Waals surface area contributed by atoms with Crippen molar-refractivity contribution in [1.82, 2.24) is 0 Å². The predicted octanol–water partition coefficient (Wildman–Crippen LogP) is -1.64. The molecule has 1 unspecified atom stereocenters. The fourth-order valence-electron chi connectivity index (χ4n) is 2.74. The first kappa shape index (κ1) is 32.5. The second-order valence-electron chi connectivity index (χ2n) is 6.45. The van der Waals surface area contributed by atoms with Crippen LogP contribution in [-0.2, 0) is 24.2 Å². The summed E-state index contributed by atoms with van der Waals surface area (Å²) in [5.41, 5.74) is 0. The van der Waals surface area contributed by atoms with Crippen LogP contribution in [0.15, 0.2) is 0 Å². The van der Waals surface area contributed by atoms with E-state index in [4.69, 9.17) is 9.66 Å². The third kappa shape index (κ3) is 23.0. The van der Waals surface area contributed by atoms with Crippen molar-refractivity contribution in [2.45, 2.75) is 90.4 Å². The van der Waals surface area contributed by atoms with Gasteiger partial charge in [-0.1, -0.05) is 77.6 Å². The van der Waals surface area contributed by atoms with Gasteiger partial charge in [0.1, 0.15) is 0 Å². The SMILES string of the molecule is CCCCCCCCCCCCCC(CC(=O)O)C(=O)OS(=O)(=O)O.[H-].[H-].[Na+].[Na+]. The monoisotopic (exact) mass is 428 g/mol. The molecule has 7 nitrogen and oxygen atoms in total. The van der Waals surface area contributed by atoms with E-state index in [0.29, 0.717) is 6.42 Å². The summed E-state index contributed by atoms with van der Waals surface area (Å²) in [7, 11) is -4.90. The molecule has 0 radical (unpaired) electrons. The quantitative estimate of drug-likeness (QED) is 0.172. The van der Waals surface area contributed by atoms with Crippen molar-refractivity contribution in [3.05, 3.63) is 0 Å². The molecule has 0 rings (SSSR count). The van der Waals surface area contributed by atoms with E-state index in [-0.39, 0.29) is 68.4 Å². The minimum atomic E-state index is -4.90. The minimum Gasteiger partial charge on any atom is -1.00 e. The maximum atomic E-state index is 11.6. The third-order valence-corrected chi connectivity index (χ3v) is 4.47. The van der Waals surface area contributed by atoms with Gasteiger partial charge < -0.3 is 12.1 Å². The average molecular weight is 428 g/mol. The van der Waals surface area contributed by atoms with Gasteiger partial charge in [0.05, 0.1) is 12.3 Å². The molecular weight excluding hydrogens is 394 g/mol. The number of carboxylic acid groups (broad SMARTS) is 1. The van der Waals surface area contributed by atoms with Gasteiger partial charge in [0, 0.05) is 0 Å². The number of rotatable bonds is 16. The van der Waals surface area contributed by atoms with E-state index in [1.807, 2.05) is 0 Å². The van der Waals surface area contributed by atoms with Gasteiger partial charge in [-0.2, -0.15) is 8.42 Å². The van der Waals surface area contributed by atoms with Crippen LogP contribution >= 0.6 is 0 Å². The number of carbonyl (C=O) groups excluding carboxylic acids is 1. The fourth-order valence-corrected chi connectivity index (χ4v) is 3.08. The predicted molar refractivity (Wildman–Crippen MR) is 96.7 cm³/mol. The summed E-state index contributed by atoms with van der Waals surface area (Å²) < 4.78 is 33.5. The van der Waals surface area contributed by atoms with Gasteiger partial charge in [0.15, 0.2) is 0 Å². The first-order valence-corrected chi connectivity index (χ1v) is 10.5. The fraction of sp³-hybridized carbons (Fsp3) is 0.882. The molecule has 2 N–H and O–H groups in total. The van der Waals surface area contributed by atoms with Gasteiger partial charge in [0.2, 0.25) is 0 Å². The molecule has 0 aromatic carbocycles. The van der Waals surface area contributed by atoms with Crippen molar-refractivity contribution in [1.29, 1.82) is 0 Å². The van der Waals surface area contributed by atoms with Crippen molar-refractivity contribution < 1.29 is 93.8 Å². The van der Waals surface area contributed by atoms with E-state index in [0.717, 1.165) is 19.3 Å². The zero-order chi connectivity index (χ0) is 19.1. The Kier molecular flexibility index (Phi) is 24.2. The molecule has 10 heteroatoms. The summed E-state index contributed by atoms with van der Waals surface area (Å²) in [4.78, 5) is 22.3. The van der Waals surface area contributed by atoms with Crippen LogP contribution in [-0.4, -0.2) is 30.0 Å². The Morgan fingerprint density at radius 2 is 1.30 bits per heavy atom. The number of carboxylic acids is 1. The number of hydrogen-bond donors (Lipinski definition) is 2. The Balaban J connectivity index is -0.000000480. The van der Waals surface area contributed by atoms with Gasteiger partial charge in [-0.3, -0.25) is 14.1 Å². The van der Waals surface area contributed by atoms with Crippen LogP contribution in [0.1, 0.15) is 93.2 Å². The molecule has 0 bridgehead atoms. The van der Waals surface area contributed by atoms with Crippen LogP contribution in [0, 0.1) is 5.92 Å². The average Bonchev–Trinajstić information content (AvgIpc) is 2.49. The number of aliphatic carboxylic acids is 1. The summed E-state index contributed by atoms with van der Waals surface area (Å²) >= 11 is 0. The molecule has 0 aliphatic rings. The summed E-state index contributed by atoms with van der Waals surface area (Å²) in [6.45, 7) is 2.20. The normalized spacial score (nSPS) is 11.8. The van der Waals surface area contributed by atoms with E-state index in [2.05, 4.69) is 11.1 Å². The van der Waals surface area contributed by atoms with Crippen LogP contribution in [0.3, 0.4) is 0 Å². The Morgan fingerprint density at radius 3 is 1.67 bits per heavy atom. The van der Waals surface area contributed by atoms with Crippen molar-refractivity contribution in [3.63, 3.8) is 0 Å². The summed E-state index contributed by atoms with van der Waals surface area (Å²) in [6.07, 6.45) is 12.1.